The summed E-state index contributed by atoms with van der Waals surface area (Å²) in [6.07, 6.45) is -2.50. The van der Waals surface area contributed by atoms with Gasteiger partial charge in [-0.05, 0) is 44.0 Å². The topological polar surface area (TPSA) is 32.3 Å². The molecule has 1 aromatic carbocycles. The number of nitrogens with one attached hydrogen (secondary N) is 1. The van der Waals surface area contributed by atoms with Crippen molar-refractivity contribution in [3.05, 3.63) is 35.4 Å². The van der Waals surface area contributed by atoms with E-state index in [0.29, 0.717) is 19.6 Å². The number of carbonyl (C=O) groups excluding carboxylic acids is 1. The molecule has 0 unspecified atom stereocenters. The molecule has 1 fully saturated rings. The van der Waals surface area contributed by atoms with Crippen LogP contribution in [0.15, 0.2) is 24.3 Å². The van der Waals surface area contributed by atoms with Gasteiger partial charge >= 0.3 is 6.18 Å². The van der Waals surface area contributed by atoms with Gasteiger partial charge in [-0.2, -0.15) is 13.2 Å². The van der Waals surface area contributed by atoms with Crippen LogP contribution in [0.3, 0.4) is 0 Å². The predicted molar refractivity (Wildman–Crippen MR) is 78.1 cm³/mol. The second-order valence-electron chi connectivity index (χ2n) is 5.66. The number of amides is 1. The summed E-state index contributed by atoms with van der Waals surface area (Å²) in [4.78, 5) is 14.0. The summed E-state index contributed by atoms with van der Waals surface area (Å²) in [7, 11) is 0. The maximum atomic E-state index is 12.5. The quantitative estimate of drug-likeness (QED) is 0.926. The number of alkyl halides is 3. The summed E-state index contributed by atoms with van der Waals surface area (Å²) in [5, 5.41) is 2.83. The second-order valence-corrected chi connectivity index (χ2v) is 5.66. The van der Waals surface area contributed by atoms with Gasteiger partial charge in [0.05, 0.1) is 11.5 Å². The Kier molecular flexibility index (Phi) is 5.45. The molecule has 0 radical (unpaired) electrons. The number of carbonyl (C=O) groups is 1. The molecule has 122 valence electrons. The fraction of sp³-hybridized carbons (Fsp3) is 0.562. The van der Waals surface area contributed by atoms with Crippen molar-refractivity contribution in [1.82, 2.24) is 10.2 Å². The summed E-state index contributed by atoms with van der Waals surface area (Å²) in [5.74, 6) is 0.0442. The van der Waals surface area contributed by atoms with E-state index >= 15 is 0 Å². The van der Waals surface area contributed by atoms with Crippen LogP contribution in [0.2, 0.25) is 0 Å². The standard InChI is InChI=1S/C16H21F3N2O/c1-2-20-15(22)13-4-3-9-21(11-13)10-12-5-7-14(8-6-12)16(17,18)19/h5-8,13H,2-4,9-11H2,1H3,(H,20,22)/t13-/m1/s1. The maximum absolute atomic E-state index is 12.5. The van der Waals surface area contributed by atoms with E-state index in [1.54, 1.807) is 0 Å². The first-order chi connectivity index (χ1) is 10.4. The van der Waals surface area contributed by atoms with Gasteiger partial charge in [-0.15, -0.1) is 0 Å². The van der Waals surface area contributed by atoms with Gasteiger partial charge in [0, 0.05) is 19.6 Å². The van der Waals surface area contributed by atoms with Crippen LogP contribution in [0, 0.1) is 5.92 Å². The fourth-order valence-electron chi connectivity index (χ4n) is 2.79. The van der Waals surface area contributed by atoms with E-state index in [4.69, 9.17) is 0 Å². The number of hydrogen-bond acceptors (Lipinski definition) is 2. The van der Waals surface area contributed by atoms with E-state index in [9.17, 15) is 18.0 Å². The van der Waals surface area contributed by atoms with Crippen molar-refractivity contribution in [2.45, 2.75) is 32.5 Å². The smallest absolute Gasteiger partial charge is 0.356 e. The molecule has 1 aliphatic heterocycles. The van der Waals surface area contributed by atoms with Crippen LogP contribution in [-0.2, 0) is 17.5 Å². The van der Waals surface area contributed by atoms with E-state index in [2.05, 4.69) is 10.2 Å². The lowest BCUT2D eigenvalue weighted by Gasteiger charge is -2.32. The summed E-state index contributed by atoms with van der Waals surface area (Å²) >= 11 is 0. The molecule has 0 bridgehead atoms. The van der Waals surface area contributed by atoms with Crippen molar-refractivity contribution in [3.8, 4) is 0 Å². The van der Waals surface area contributed by atoms with E-state index in [1.807, 2.05) is 6.92 Å². The number of nitrogens with zero attached hydrogens (tertiary/aromatic N) is 1. The van der Waals surface area contributed by atoms with Gasteiger partial charge < -0.3 is 5.32 Å². The molecule has 0 saturated carbocycles. The third-order valence-electron chi connectivity index (χ3n) is 3.91. The zero-order valence-corrected chi connectivity index (χ0v) is 12.6. The van der Waals surface area contributed by atoms with Gasteiger partial charge in [0.25, 0.3) is 0 Å². The van der Waals surface area contributed by atoms with Crippen molar-refractivity contribution < 1.29 is 18.0 Å². The van der Waals surface area contributed by atoms with Gasteiger partial charge in [0.15, 0.2) is 0 Å². The van der Waals surface area contributed by atoms with Gasteiger partial charge in [-0.3, -0.25) is 9.69 Å². The molecule has 0 spiro atoms. The van der Waals surface area contributed by atoms with Gasteiger partial charge in [0.2, 0.25) is 5.91 Å². The van der Waals surface area contributed by atoms with Crippen molar-refractivity contribution in [3.63, 3.8) is 0 Å². The summed E-state index contributed by atoms with van der Waals surface area (Å²) in [5.41, 5.74) is 0.208. The summed E-state index contributed by atoms with van der Waals surface area (Å²) < 4.78 is 37.6. The first kappa shape index (κ1) is 16.8. The molecule has 1 aliphatic rings. The number of rotatable bonds is 4. The zero-order chi connectivity index (χ0) is 16.2. The van der Waals surface area contributed by atoms with Crippen LogP contribution in [0.4, 0.5) is 13.2 Å². The van der Waals surface area contributed by atoms with E-state index in [1.165, 1.54) is 12.1 Å². The first-order valence-electron chi connectivity index (χ1n) is 7.56. The Morgan fingerprint density at radius 2 is 2.00 bits per heavy atom. The molecule has 6 heteroatoms. The van der Waals surface area contributed by atoms with Crippen LogP contribution in [0.1, 0.15) is 30.9 Å². The molecule has 2 rings (SSSR count). The van der Waals surface area contributed by atoms with Crippen LogP contribution < -0.4 is 5.32 Å². The molecule has 1 atom stereocenters. The highest BCUT2D eigenvalue weighted by molar-refractivity contribution is 5.78. The molecule has 1 N–H and O–H groups in total. The van der Waals surface area contributed by atoms with Crippen molar-refractivity contribution in [2.75, 3.05) is 19.6 Å². The molecule has 3 nitrogen and oxygen atoms in total. The number of piperidine rings is 1. The average Bonchev–Trinajstić information content (AvgIpc) is 2.47. The normalized spacial score (nSPS) is 19.9. The summed E-state index contributed by atoms with van der Waals surface area (Å²) in [6, 6.07) is 5.25. The molecule has 1 amide bonds. The van der Waals surface area contributed by atoms with E-state index < -0.39 is 11.7 Å². The highest BCUT2D eigenvalue weighted by Crippen LogP contribution is 2.29. The monoisotopic (exact) mass is 314 g/mol. The maximum Gasteiger partial charge on any atom is 0.416 e. The lowest BCUT2D eigenvalue weighted by Crippen LogP contribution is -2.42. The molecule has 1 heterocycles. The van der Waals surface area contributed by atoms with Gasteiger partial charge in [-0.25, -0.2) is 0 Å². The Morgan fingerprint density at radius 1 is 1.32 bits per heavy atom. The predicted octanol–water partition coefficient (Wildman–Crippen LogP) is 3.05. The number of halogens is 3. The molecular formula is C16H21F3N2O. The lowest BCUT2D eigenvalue weighted by molar-refractivity contribution is -0.137. The Bertz CT molecular complexity index is 499. The highest BCUT2D eigenvalue weighted by atomic mass is 19.4. The highest BCUT2D eigenvalue weighted by Gasteiger charge is 2.30. The molecule has 22 heavy (non-hydrogen) atoms. The third kappa shape index (κ3) is 4.47. The third-order valence-corrected chi connectivity index (χ3v) is 3.91. The molecule has 1 saturated heterocycles. The first-order valence-corrected chi connectivity index (χ1v) is 7.56. The second kappa shape index (κ2) is 7.13. The van der Waals surface area contributed by atoms with Crippen molar-refractivity contribution >= 4 is 5.91 Å². The number of hydrogen-bond donors (Lipinski definition) is 1. The van der Waals surface area contributed by atoms with Crippen molar-refractivity contribution in [2.24, 2.45) is 5.92 Å². The Hall–Kier alpha value is -1.56. The fourth-order valence-corrected chi connectivity index (χ4v) is 2.79. The van der Waals surface area contributed by atoms with Crippen LogP contribution in [0.25, 0.3) is 0 Å². The minimum Gasteiger partial charge on any atom is -0.356 e. The SMILES string of the molecule is CCNC(=O)[C@@H]1CCCN(Cc2ccc(C(F)(F)F)cc2)C1. The number of likely N-dealkylation sites (tertiary alicyclic amines) is 1. The van der Waals surface area contributed by atoms with Crippen LogP contribution >= 0.6 is 0 Å². The van der Waals surface area contributed by atoms with Gasteiger partial charge in [0.1, 0.15) is 0 Å². The minimum atomic E-state index is -4.30. The molecule has 0 aliphatic carbocycles. The molecule has 0 aromatic heterocycles. The zero-order valence-electron chi connectivity index (χ0n) is 12.6. The largest absolute Gasteiger partial charge is 0.416 e. The number of benzene rings is 1. The minimum absolute atomic E-state index is 0.0249. The van der Waals surface area contributed by atoms with E-state index in [-0.39, 0.29) is 11.8 Å². The molecular weight excluding hydrogens is 293 g/mol. The molecule has 1 aromatic rings. The Labute approximate surface area is 128 Å². The van der Waals surface area contributed by atoms with Crippen LogP contribution in [0.5, 0.6) is 0 Å². The van der Waals surface area contributed by atoms with Crippen LogP contribution in [-0.4, -0.2) is 30.4 Å². The van der Waals surface area contributed by atoms with Crippen molar-refractivity contribution in [1.29, 1.82) is 0 Å². The lowest BCUT2D eigenvalue weighted by atomic mass is 9.96. The van der Waals surface area contributed by atoms with Gasteiger partial charge in [-0.1, -0.05) is 12.1 Å². The summed E-state index contributed by atoms with van der Waals surface area (Å²) in [6.45, 7) is 4.62. The van der Waals surface area contributed by atoms with E-state index in [0.717, 1.165) is 37.1 Å². The average molecular weight is 314 g/mol. The Balaban J connectivity index is 1.94. The Morgan fingerprint density at radius 3 is 2.59 bits per heavy atom.